The van der Waals surface area contributed by atoms with E-state index in [1.807, 2.05) is 6.92 Å². The molecule has 0 amide bonds. The molecule has 1 aliphatic rings. The smallest absolute Gasteiger partial charge is 0.330 e. The summed E-state index contributed by atoms with van der Waals surface area (Å²) in [4.78, 5) is 11.1. The summed E-state index contributed by atoms with van der Waals surface area (Å²) < 4.78 is 5.36. The SMILES string of the molecule is C=CC(=O)OC1(C)CCC(C)(C)CC1. The van der Waals surface area contributed by atoms with E-state index in [0.29, 0.717) is 5.41 Å². The van der Waals surface area contributed by atoms with Gasteiger partial charge < -0.3 is 4.74 Å². The zero-order chi connectivity index (χ0) is 10.8. The first-order chi connectivity index (χ1) is 6.37. The second kappa shape index (κ2) is 3.76. The molecule has 1 fully saturated rings. The van der Waals surface area contributed by atoms with Crippen molar-refractivity contribution in [3.63, 3.8) is 0 Å². The molecule has 0 aliphatic heterocycles. The highest BCUT2D eigenvalue weighted by Crippen LogP contribution is 2.41. The lowest BCUT2D eigenvalue weighted by Crippen LogP contribution is -2.38. The van der Waals surface area contributed by atoms with Crippen molar-refractivity contribution >= 4 is 5.97 Å². The number of hydrogen-bond acceptors (Lipinski definition) is 2. The fourth-order valence-electron chi connectivity index (χ4n) is 1.84. The number of carbonyl (C=O) groups is 1. The van der Waals surface area contributed by atoms with E-state index in [1.165, 1.54) is 6.08 Å². The third kappa shape index (κ3) is 2.86. The van der Waals surface area contributed by atoms with Crippen LogP contribution in [-0.4, -0.2) is 11.6 Å². The monoisotopic (exact) mass is 196 g/mol. The lowest BCUT2D eigenvalue weighted by molar-refractivity contribution is -0.157. The summed E-state index contributed by atoms with van der Waals surface area (Å²) in [5, 5.41) is 0. The third-order valence-electron chi connectivity index (χ3n) is 3.17. The Morgan fingerprint density at radius 3 is 2.14 bits per heavy atom. The van der Waals surface area contributed by atoms with E-state index in [1.54, 1.807) is 0 Å². The van der Waals surface area contributed by atoms with Gasteiger partial charge in [0.05, 0.1) is 0 Å². The van der Waals surface area contributed by atoms with Gasteiger partial charge >= 0.3 is 5.97 Å². The van der Waals surface area contributed by atoms with Gasteiger partial charge in [-0.1, -0.05) is 20.4 Å². The minimum absolute atomic E-state index is 0.263. The zero-order valence-electron chi connectivity index (χ0n) is 9.43. The van der Waals surface area contributed by atoms with Crippen LogP contribution in [0.3, 0.4) is 0 Å². The molecule has 0 radical (unpaired) electrons. The maximum absolute atomic E-state index is 11.1. The molecule has 1 saturated carbocycles. The zero-order valence-corrected chi connectivity index (χ0v) is 9.43. The van der Waals surface area contributed by atoms with Gasteiger partial charge in [-0.15, -0.1) is 0 Å². The molecule has 0 heterocycles. The number of ether oxygens (including phenoxy) is 1. The minimum atomic E-state index is -0.299. The number of esters is 1. The maximum Gasteiger partial charge on any atom is 0.330 e. The summed E-state index contributed by atoms with van der Waals surface area (Å²) in [5.41, 5.74) is 0.140. The summed E-state index contributed by atoms with van der Waals surface area (Å²) in [6.07, 6.45) is 5.39. The highest BCUT2D eigenvalue weighted by Gasteiger charge is 2.37. The molecule has 2 nitrogen and oxygen atoms in total. The van der Waals surface area contributed by atoms with Crippen LogP contribution in [-0.2, 0) is 9.53 Å². The van der Waals surface area contributed by atoms with E-state index < -0.39 is 0 Å². The van der Waals surface area contributed by atoms with Crippen LogP contribution < -0.4 is 0 Å². The fourth-order valence-corrected chi connectivity index (χ4v) is 1.84. The first-order valence-corrected chi connectivity index (χ1v) is 5.22. The van der Waals surface area contributed by atoms with Crippen molar-refractivity contribution in [1.29, 1.82) is 0 Å². The topological polar surface area (TPSA) is 26.3 Å². The van der Waals surface area contributed by atoms with E-state index in [-0.39, 0.29) is 11.6 Å². The van der Waals surface area contributed by atoms with Crippen molar-refractivity contribution in [2.75, 3.05) is 0 Å². The van der Waals surface area contributed by atoms with Crippen molar-refractivity contribution in [3.8, 4) is 0 Å². The van der Waals surface area contributed by atoms with E-state index in [0.717, 1.165) is 25.7 Å². The highest BCUT2D eigenvalue weighted by molar-refractivity contribution is 5.81. The third-order valence-corrected chi connectivity index (χ3v) is 3.17. The van der Waals surface area contributed by atoms with Crippen LogP contribution in [0.4, 0.5) is 0 Å². The van der Waals surface area contributed by atoms with Crippen molar-refractivity contribution in [2.24, 2.45) is 5.41 Å². The van der Waals surface area contributed by atoms with E-state index >= 15 is 0 Å². The van der Waals surface area contributed by atoms with Gasteiger partial charge in [-0.05, 0) is 38.0 Å². The Morgan fingerprint density at radius 2 is 1.71 bits per heavy atom. The standard InChI is InChI=1S/C12H20O2/c1-5-10(13)14-12(4)8-6-11(2,3)7-9-12/h5H,1,6-9H2,2-4H3. The predicted molar refractivity (Wildman–Crippen MR) is 56.9 cm³/mol. The van der Waals surface area contributed by atoms with Gasteiger partial charge in [0.15, 0.2) is 0 Å². The van der Waals surface area contributed by atoms with E-state index in [9.17, 15) is 4.79 Å². The van der Waals surface area contributed by atoms with Crippen molar-refractivity contribution in [2.45, 2.75) is 52.1 Å². The molecule has 0 bridgehead atoms. The van der Waals surface area contributed by atoms with E-state index in [4.69, 9.17) is 4.74 Å². The van der Waals surface area contributed by atoms with Crippen molar-refractivity contribution in [3.05, 3.63) is 12.7 Å². The predicted octanol–water partition coefficient (Wildman–Crippen LogP) is 3.07. The Kier molecular flexibility index (Phi) is 3.03. The Hall–Kier alpha value is -0.790. The van der Waals surface area contributed by atoms with Crippen LogP contribution in [0, 0.1) is 5.41 Å². The average molecular weight is 196 g/mol. The largest absolute Gasteiger partial charge is 0.456 e. The van der Waals surface area contributed by atoms with Crippen molar-refractivity contribution in [1.82, 2.24) is 0 Å². The first kappa shape index (κ1) is 11.3. The molecule has 0 spiro atoms. The van der Waals surface area contributed by atoms with Crippen LogP contribution in [0.1, 0.15) is 46.5 Å². The summed E-state index contributed by atoms with van der Waals surface area (Å²) in [5.74, 6) is -0.299. The highest BCUT2D eigenvalue weighted by atomic mass is 16.6. The molecular weight excluding hydrogens is 176 g/mol. The molecule has 0 N–H and O–H groups in total. The fraction of sp³-hybridized carbons (Fsp3) is 0.750. The van der Waals surface area contributed by atoms with Crippen LogP contribution >= 0.6 is 0 Å². The minimum Gasteiger partial charge on any atom is -0.456 e. The summed E-state index contributed by atoms with van der Waals surface area (Å²) in [6.45, 7) is 9.96. The van der Waals surface area contributed by atoms with Crippen LogP contribution in [0.2, 0.25) is 0 Å². The maximum atomic E-state index is 11.1. The second-order valence-corrected chi connectivity index (χ2v) is 5.24. The molecule has 1 aliphatic carbocycles. The van der Waals surface area contributed by atoms with Gasteiger partial charge in [0.2, 0.25) is 0 Å². The van der Waals surface area contributed by atoms with Crippen LogP contribution in [0.25, 0.3) is 0 Å². The Balaban J connectivity index is 2.53. The number of carbonyl (C=O) groups excluding carboxylic acids is 1. The van der Waals surface area contributed by atoms with Gasteiger partial charge in [-0.2, -0.15) is 0 Å². The molecule has 80 valence electrons. The Morgan fingerprint density at radius 1 is 1.21 bits per heavy atom. The molecule has 0 aromatic rings. The normalized spacial score (nSPS) is 23.9. The summed E-state index contributed by atoms with van der Waals surface area (Å²) in [6, 6.07) is 0. The molecule has 0 unspecified atom stereocenters. The van der Waals surface area contributed by atoms with Gasteiger partial charge in [0, 0.05) is 6.08 Å². The molecule has 0 aromatic heterocycles. The van der Waals surface area contributed by atoms with Gasteiger partial charge in [0.25, 0.3) is 0 Å². The molecule has 2 heteroatoms. The van der Waals surface area contributed by atoms with Crippen LogP contribution in [0.15, 0.2) is 12.7 Å². The van der Waals surface area contributed by atoms with E-state index in [2.05, 4.69) is 20.4 Å². The lowest BCUT2D eigenvalue weighted by atomic mass is 9.71. The Bertz CT molecular complexity index is 231. The lowest BCUT2D eigenvalue weighted by Gasteiger charge is -2.40. The quantitative estimate of drug-likeness (QED) is 0.501. The molecule has 0 saturated heterocycles. The molecule has 14 heavy (non-hydrogen) atoms. The molecule has 0 atom stereocenters. The molecule has 1 rings (SSSR count). The van der Waals surface area contributed by atoms with Gasteiger partial charge in [-0.25, -0.2) is 4.79 Å². The Labute approximate surface area is 86.3 Å². The summed E-state index contributed by atoms with van der Waals surface area (Å²) >= 11 is 0. The van der Waals surface area contributed by atoms with Crippen LogP contribution in [0.5, 0.6) is 0 Å². The molecular formula is C12H20O2. The second-order valence-electron chi connectivity index (χ2n) is 5.24. The van der Waals surface area contributed by atoms with Gasteiger partial charge in [0.1, 0.15) is 5.60 Å². The summed E-state index contributed by atoms with van der Waals surface area (Å²) in [7, 11) is 0. The first-order valence-electron chi connectivity index (χ1n) is 5.22. The number of rotatable bonds is 2. The van der Waals surface area contributed by atoms with Crippen molar-refractivity contribution < 1.29 is 9.53 Å². The average Bonchev–Trinajstić information content (AvgIpc) is 2.11. The molecule has 0 aromatic carbocycles. The van der Waals surface area contributed by atoms with Gasteiger partial charge in [-0.3, -0.25) is 0 Å². The number of hydrogen-bond donors (Lipinski definition) is 0.